The second-order valence-corrected chi connectivity index (χ2v) is 5.34. The lowest BCUT2D eigenvalue weighted by Gasteiger charge is -2.08. The van der Waals surface area contributed by atoms with Gasteiger partial charge in [0.1, 0.15) is 0 Å². The molecule has 0 aliphatic heterocycles. The van der Waals surface area contributed by atoms with Gasteiger partial charge in [-0.1, -0.05) is 24.3 Å². The summed E-state index contributed by atoms with van der Waals surface area (Å²) in [5.41, 5.74) is -2.54. The molecule has 1 aromatic heterocycles. The van der Waals surface area contributed by atoms with Crippen LogP contribution in [-0.2, 0) is 12.4 Å². The van der Waals surface area contributed by atoms with Crippen molar-refractivity contribution in [3.8, 4) is 11.3 Å². The second-order valence-electron chi connectivity index (χ2n) is 5.34. The molecule has 0 atom stereocenters. The molecule has 0 aliphatic rings. The molecule has 3 rings (SSSR count). The Morgan fingerprint density at radius 2 is 1.56 bits per heavy atom. The molecule has 130 valence electrons. The van der Waals surface area contributed by atoms with Crippen molar-refractivity contribution in [1.29, 1.82) is 0 Å². The monoisotopic (exact) mass is 357 g/mol. The van der Waals surface area contributed by atoms with Crippen LogP contribution >= 0.6 is 0 Å². The Morgan fingerprint density at radius 3 is 2.16 bits per heavy atom. The van der Waals surface area contributed by atoms with Crippen molar-refractivity contribution in [2.45, 2.75) is 12.4 Å². The van der Waals surface area contributed by atoms with E-state index in [9.17, 15) is 31.1 Å². The van der Waals surface area contributed by atoms with Crippen LogP contribution in [0.1, 0.15) is 21.5 Å². The number of H-pyrrole nitrogens is 1. The first-order valence-electron chi connectivity index (χ1n) is 6.97. The summed E-state index contributed by atoms with van der Waals surface area (Å²) in [4.78, 5) is 13.9. The number of carbonyl (C=O) groups excluding carboxylic acids is 1. The Bertz CT molecular complexity index is 952. The summed E-state index contributed by atoms with van der Waals surface area (Å²) in [5, 5.41) is -0.00256. The predicted octanol–water partition coefficient (Wildman–Crippen LogP) is 5.69. The van der Waals surface area contributed by atoms with Crippen LogP contribution in [0.4, 0.5) is 26.3 Å². The Morgan fingerprint density at radius 1 is 0.880 bits per heavy atom. The fourth-order valence-electron chi connectivity index (χ4n) is 2.68. The van der Waals surface area contributed by atoms with E-state index in [1.165, 1.54) is 12.1 Å². The number of aromatic nitrogens is 1. The first-order valence-corrected chi connectivity index (χ1v) is 6.97. The third-order valence-corrected chi connectivity index (χ3v) is 3.78. The number of nitrogens with one attached hydrogen (secondary N) is 1. The lowest BCUT2D eigenvalue weighted by atomic mass is 10.0. The fourth-order valence-corrected chi connectivity index (χ4v) is 2.68. The minimum Gasteiger partial charge on any atom is -0.353 e. The highest BCUT2D eigenvalue weighted by Gasteiger charge is 2.34. The number of hydrogen-bond donors (Lipinski definition) is 1. The zero-order valence-electron chi connectivity index (χ0n) is 12.3. The third-order valence-electron chi connectivity index (χ3n) is 3.78. The second kappa shape index (κ2) is 5.65. The molecule has 0 saturated carbocycles. The van der Waals surface area contributed by atoms with Gasteiger partial charge in [-0.2, -0.15) is 26.3 Å². The number of aromatic amines is 1. The summed E-state index contributed by atoms with van der Waals surface area (Å²) in [5.74, 6) is 0. The number of para-hydroxylation sites is 1. The SMILES string of the molecule is O=Cc1c(-c2cccc(C(F)(F)F)c2)[nH]c2c(C(F)(F)F)cccc12. The van der Waals surface area contributed by atoms with Gasteiger partial charge in [-0.3, -0.25) is 4.79 Å². The first-order chi connectivity index (χ1) is 11.6. The van der Waals surface area contributed by atoms with Crippen molar-refractivity contribution < 1.29 is 31.1 Å². The van der Waals surface area contributed by atoms with Gasteiger partial charge >= 0.3 is 12.4 Å². The molecule has 0 fully saturated rings. The molecule has 0 bridgehead atoms. The molecule has 1 N–H and O–H groups in total. The largest absolute Gasteiger partial charge is 0.418 e. The van der Waals surface area contributed by atoms with E-state index in [1.807, 2.05) is 0 Å². The number of benzene rings is 2. The number of fused-ring (bicyclic) bond motifs is 1. The number of rotatable bonds is 2. The number of halogens is 6. The van der Waals surface area contributed by atoms with Crippen molar-refractivity contribution in [3.05, 3.63) is 59.2 Å². The van der Waals surface area contributed by atoms with Crippen molar-refractivity contribution in [2.24, 2.45) is 0 Å². The van der Waals surface area contributed by atoms with Gasteiger partial charge in [0.2, 0.25) is 0 Å². The molecule has 0 spiro atoms. The highest BCUT2D eigenvalue weighted by molar-refractivity contribution is 6.05. The molecule has 3 aromatic rings. The minimum absolute atomic E-state index is 0.00256. The number of alkyl halides is 6. The fraction of sp³-hybridized carbons (Fsp3) is 0.118. The van der Waals surface area contributed by atoms with E-state index in [0.29, 0.717) is 6.29 Å². The molecule has 0 amide bonds. The molecule has 0 unspecified atom stereocenters. The van der Waals surface area contributed by atoms with Crippen LogP contribution in [0, 0.1) is 0 Å². The zero-order chi connectivity index (χ0) is 18.4. The predicted molar refractivity (Wildman–Crippen MR) is 79.1 cm³/mol. The average molecular weight is 357 g/mol. The summed E-state index contributed by atoms with van der Waals surface area (Å²) in [6.07, 6.45) is -8.95. The van der Waals surface area contributed by atoms with E-state index in [0.717, 1.165) is 30.3 Å². The van der Waals surface area contributed by atoms with Crippen LogP contribution in [0.2, 0.25) is 0 Å². The van der Waals surface area contributed by atoms with Crippen molar-refractivity contribution >= 4 is 17.2 Å². The van der Waals surface area contributed by atoms with E-state index in [2.05, 4.69) is 4.98 Å². The highest BCUT2D eigenvalue weighted by Crippen LogP contribution is 2.39. The Hall–Kier alpha value is -2.77. The topological polar surface area (TPSA) is 32.9 Å². The normalized spacial score (nSPS) is 12.6. The average Bonchev–Trinajstić information content (AvgIpc) is 2.91. The summed E-state index contributed by atoms with van der Waals surface area (Å²) in [6, 6.07) is 7.33. The summed E-state index contributed by atoms with van der Waals surface area (Å²) >= 11 is 0. The van der Waals surface area contributed by atoms with Crippen LogP contribution in [0.5, 0.6) is 0 Å². The van der Waals surface area contributed by atoms with Crippen molar-refractivity contribution in [2.75, 3.05) is 0 Å². The molecule has 0 saturated heterocycles. The molecule has 0 radical (unpaired) electrons. The Kier molecular flexibility index (Phi) is 3.85. The van der Waals surface area contributed by atoms with Crippen LogP contribution in [0.15, 0.2) is 42.5 Å². The summed E-state index contributed by atoms with van der Waals surface area (Å²) in [6.45, 7) is 0. The first kappa shape index (κ1) is 17.1. The molecule has 1 heterocycles. The van der Waals surface area contributed by atoms with Crippen molar-refractivity contribution in [1.82, 2.24) is 4.98 Å². The van der Waals surface area contributed by atoms with E-state index < -0.39 is 23.5 Å². The van der Waals surface area contributed by atoms with Crippen LogP contribution < -0.4 is 0 Å². The number of carbonyl (C=O) groups is 1. The van der Waals surface area contributed by atoms with E-state index in [4.69, 9.17) is 0 Å². The maximum absolute atomic E-state index is 13.1. The summed E-state index contributed by atoms with van der Waals surface area (Å²) < 4.78 is 78.0. The molecule has 8 heteroatoms. The maximum Gasteiger partial charge on any atom is 0.418 e. The van der Waals surface area contributed by atoms with Crippen molar-refractivity contribution in [3.63, 3.8) is 0 Å². The molecule has 25 heavy (non-hydrogen) atoms. The van der Waals surface area contributed by atoms with Gasteiger partial charge in [-0.15, -0.1) is 0 Å². The molecular formula is C17H9F6NO. The van der Waals surface area contributed by atoms with Crippen LogP contribution in [0.3, 0.4) is 0 Å². The smallest absolute Gasteiger partial charge is 0.353 e. The van der Waals surface area contributed by atoms with Gasteiger partial charge in [0.15, 0.2) is 6.29 Å². The van der Waals surface area contributed by atoms with Gasteiger partial charge in [0.25, 0.3) is 0 Å². The number of hydrogen-bond acceptors (Lipinski definition) is 1. The quantitative estimate of drug-likeness (QED) is 0.464. The number of aldehydes is 1. The van der Waals surface area contributed by atoms with Crippen LogP contribution in [0.25, 0.3) is 22.2 Å². The third kappa shape index (κ3) is 2.99. The highest BCUT2D eigenvalue weighted by atomic mass is 19.4. The standard InChI is InChI=1S/C17H9F6NO/c18-16(19,20)10-4-1-3-9(7-10)14-12(8-25)11-5-2-6-13(15(11)24-14)17(21,22)23/h1-8,24H. The van der Waals surface area contributed by atoms with Gasteiger partial charge in [0.05, 0.1) is 22.3 Å². The van der Waals surface area contributed by atoms with Gasteiger partial charge in [-0.05, 0) is 23.8 Å². The Labute approximate surface area is 137 Å². The maximum atomic E-state index is 13.1. The summed E-state index contributed by atoms with van der Waals surface area (Å²) in [7, 11) is 0. The van der Waals surface area contributed by atoms with E-state index in [1.54, 1.807) is 0 Å². The van der Waals surface area contributed by atoms with Gasteiger partial charge in [0, 0.05) is 10.9 Å². The lowest BCUT2D eigenvalue weighted by Crippen LogP contribution is -2.05. The lowest BCUT2D eigenvalue weighted by molar-refractivity contribution is -0.138. The van der Waals surface area contributed by atoms with E-state index >= 15 is 0 Å². The zero-order valence-corrected chi connectivity index (χ0v) is 12.3. The van der Waals surface area contributed by atoms with Gasteiger partial charge in [-0.25, -0.2) is 0 Å². The van der Waals surface area contributed by atoms with Crippen LogP contribution in [-0.4, -0.2) is 11.3 Å². The van der Waals surface area contributed by atoms with Gasteiger partial charge < -0.3 is 4.98 Å². The minimum atomic E-state index is -4.67. The molecular weight excluding hydrogens is 348 g/mol. The molecule has 2 aromatic carbocycles. The molecule has 2 nitrogen and oxygen atoms in total. The van der Waals surface area contributed by atoms with E-state index in [-0.39, 0.29) is 27.7 Å². The Balaban J connectivity index is 2.29. The molecule has 0 aliphatic carbocycles.